The molecule has 0 spiro atoms. The normalized spacial score (nSPS) is 40.2. The number of esters is 1. The summed E-state index contributed by atoms with van der Waals surface area (Å²) in [7, 11) is -2.69. The van der Waals surface area contributed by atoms with Crippen molar-refractivity contribution in [3.8, 4) is 0 Å². The number of ketones is 1. The van der Waals surface area contributed by atoms with Crippen LogP contribution in [0.4, 0.5) is 0 Å². The molecule has 0 amide bonds. The van der Waals surface area contributed by atoms with E-state index in [4.69, 9.17) is 51.5 Å². The highest BCUT2D eigenvalue weighted by molar-refractivity contribution is 6.74. The number of methoxy groups -OCH3 is 1. The number of carbonyl (C=O) groups excluding carboxylic acids is 2. The number of hydrogen-bond donors (Lipinski definition) is 1. The fourth-order valence-corrected chi connectivity index (χ4v) is 15.4. The second kappa shape index (κ2) is 23.4. The van der Waals surface area contributed by atoms with Crippen LogP contribution in [0, 0.1) is 11.8 Å². The summed E-state index contributed by atoms with van der Waals surface area (Å²) in [6.07, 6.45) is 0.272. The van der Waals surface area contributed by atoms with Gasteiger partial charge in [-0.2, -0.15) is 0 Å². The number of benzene rings is 1. The molecular formula is C60H94O14Si2. The summed E-state index contributed by atoms with van der Waals surface area (Å²) in [6.45, 7) is 34.3. The van der Waals surface area contributed by atoms with Crippen LogP contribution < -0.4 is 0 Å². The Kier molecular flexibility index (Phi) is 18.0. The minimum Gasteiger partial charge on any atom is -0.458 e. The Hall–Kier alpha value is -2.17. The van der Waals surface area contributed by atoms with E-state index in [1.807, 2.05) is 18.2 Å². The van der Waals surface area contributed by atoms with Crippen LogP contribution in [0.25, 0.3) is 0 Å². The van der Waals surface area contributed by atoms with Crippen LogP contribution >= 0.6 is 0 Å². The first kappa shape index (κ1) is 58.5. The minimum absolute atomic E-state index is 0.0203. The molecule has 0 aromatic heterocycles. The molecule has 16 heteroatoms. The first-order chi connectivity index (χ1) is 35.8. The largest absolute Gasteiger partial charge is 0.458 e. The minimum atomic E-state index is -2.28. The standard InChI is InChI=1S/C60H94O14Si2/c1-34-26-39-20-23-44(62)35(2)27-40(68-58(63)37-18-16-15-17-19-37)21-24-45-49-32-51-54(70-45)56-57(73-51)55(72-49)53-46(71-56)25-22-41(67-53)28-38(61)29-43-48(31-47(66-39)36(34)3)69-50(52(43)64-10)30-42(74-76(13,14)60(7,8)9)33-65-75(11,12)59(4,5)6/h15-19,34,39-57,62H,2-3,20-33H2,1,4-14H3/t34?,39?,40-,41+,42?,43?,44?,45+,46?,47?,48?,49+,50+,51?,52+,53-,54?,55?,56-,57?/m0/s1. The first-order valence-corrected chi connectivity index (χ1v) is 34.9. The van der Waals surface area contributed by atoms with Crippen molar-refractivity contribution in [1.82, 2.24) is 0 Å². The summed E-state index contributed by atoms with van der Waals surface area (Å²) in [4.78, 5) is 28.4. The lowest BCUT2D eigenvalue weighted by Crippen LogP contribution is -2.66. The van der Waals surface area contributed by atoms with E-state index in [-0.39, 0.29) is 126 Å². The quantitative estimate of drug-likeness (QED) is 0.134. The van der Waals surface area contributed by atoms with Crippen LogP contribution in [0.15, 0.2) is 54.6 Å². The van der Waals surface area contributed by atoms with E-state index in [0.717, 1.165) is 18.4 Å². The van der Waals surface area contributed by atoms with Crippen molar-refractivity contribution in [3.63, 3.8) is 0 Å². The van der Waals surface area contributed by atoms with Gasteiger partial charge in [-0.15, -0.1) is 0 Å². The smallest absolute Gasteiger partial charge is 0.338 e. The number of aliphatic hydroxyl groups is 1. The van der Waals surface area contributed by atoms with E-state index in [1.54, 1.807) is 19.2 Å². The molecule has 0 saturated carbocycles. The highest BCUT2D eigenvalue weighted by atomic mass is 28.4. The Morgan fingerprint density at radius 2 is 1.33 bits per heavy atom. The second-order valence-corrected chi connectivity index (χ2v) is 36.6. The fraction of sp³-hybridized carbons (Fsp3) is 0.800. The van der Waals surface area contributed by atoms with Gasteiger partial charge in [-0.3, -0.25) is 4.79 Å². The Morgan fingerprint density at radius 1 is 0.697 bits per heavy atom. The predicted molar refractivity (Wildman–Crippen MR) is 294 cm³/mol. The van der Waals surface area contributed by atoms with Crippen molar-refractivity contribution in [2.45, 2.75) is 278 Å². The number of ether oxygens (including phenoxy) is 9. The zero-order valence-electron chi connectivity index (χ0n) is 48.0. The zero-order valence-corrected chi connectivity index (χ0v) is 50.0. The van der Waals surface area contributed by atoms with Crippen molar-refractivity contribution in [2.75, 3.05) is 13.7 Å². The maximum absolute atomic E-state index is 14.8. The molecule has 8 saturated heterocycles. The summed E-state index contributed by atoms with van der Waals surface area (Å²) in [6, 6.07) is 9.00. The summed E-state index contributed by atoms with van der Waals surface area (Å²) in [5.41, 5.74) is 2.06. The second-order valence-electron chi connectivity index (χ2n) is 27.0. The van der Waals surface area contributed by atoms with Crippen molar-refractivity contribution in [3.05, 3.63) is 60.2 Å². The van der Waals surface area contributed by atoms with Gasteiger partial charge >= 0.3 is 5.97 Å². The van der Waals surface area contributed by atoms with Gasteiger partial charge in [-0.1, -0.05) is 79.8 Å². The number of carbonyl (C=O) groups is 2. The van der Waals surface area contributed by atoms with E-state index in [1.165, 1.54) is 0 Å². The molecule has 0 radical (unpaired) electrons. The Balaban J connectivity index is 0.997. The third-order valence-corrected chi connectivity index (χ3v) is 28.6. The monoisotopic (exact) mass is 1090 g/mol. The third-order valence-electron chi connectivity index (χ3n) is 19.6. The van der Waals surface area contributed by atoms with Crippen LogP contribution in [0.5, 0.6) is 0 Å². The maximum atomic E-state index is 14.8. The Morgan fingerprint density at radius 3 is 2.03 bits per heavy atom. The molecule has 8 aliphatic rings. The molecule has 1 aromatic carbocycles. The summed E-state index contributed by atoms with van der Waals surface area (Å²) in [5.74, 6) is -0.448. The molecule has 12 unspecified atom stereocenters. The van der Waals surface area contributed by atoms with Gasteiger partial charge in [0.15, 0.2) is 16.6 Å². The summed E-state index contributed by atoms with van der Waals surface area (Å²) >= 11 is 0. The topological polar surface area (TPSA) is 156 Å². The van der Waals surface area contributed by atoms with E-state index >= 15 is 0 Å². The van der Waals surface area contributed by atoms with Crippen LogP contribution in [0.1, 0.15) is 142 Å². The number of hydrogen-bond acceptors (Lipinski definition) is 14. The first-order valence-electron chi connectivity index (χ1n) is 29.0. The van der Waals surface area contributed by atoms with Crippen LogP contribution in [-0.2, 0) is 56.3 Å². The van der Waals surface area contributed by atoms with Crippen LogP contribution in [0.2, 0.25) is 36.3 Å². The van der Waals surface area contributed by atoms with E-state index < -0.39 is 53.1 Å². The lowest BCUT2D eigenvalue weighted by Gasteiger charge is -2.51. The van der Waals surface area contributed by atoms with Crippen molar-refractivity contribution >= 4 is 28.4 Å². The molecule has 76 heavy (non-hydrogen) atoms. The lowest BCUT2D eigenvalue weighted by molar-refractivity contribution is -0.301. The van der Waals surface area contributed by atoms with Gasteiger partial charge in [-0.25, -0.2) is 4.79 Å². The molecule has 1 N–H and O–H groups in total. The molecule has 8 fully saturated rings. The van der Waals surface area contributed by atoms with Gasteiger partial charge in [0.25, 0.3) is 0 Å². The van der Waals surface area contributed by atoms with Gasteiger partial charge in [0.1, 0.15) is 42.4 Å². The van der Waals surface area contributed by atoms with Crippen molar-refractivity contribution in [2.24, 2.45) is 11.8 Å². The van der Waals surface area contributed by atoms with Gasteiger partial charge < -0.3 is 56.6 Å². The number of aliphatic hydroxyl groups excluding tert-OH is 1. The van der Waals surface area contributed by atoms with Crippen LogP contribution in [0.3, 0.4) is 0 Å². The molecule has 8 bridgehead atoms. The molecule has 14 nitrogen and oxygen atoms in total. The summed E-state index contributed by atoms with van der Waals surface area (Å²) < 4.78 is 75.7. The molecule has 426 valence electrons. The molecule has 8 aliphatic heterocycles. The highest BCUT2D eigenvalue weighted by Gasteiger charge is 2.64. The lowest BCUT2D eigenvalue weighted by atomic mass is 9.81. The molecule has 8 heterocycles. The van der Waals surface area contributed by atoms with E-state index in [2.05, 4.69) is 87.8 Å². The Bertz CT molecular complexity index is 2190. The molecule has 20 atom stereocenters. The van der Waals surface area contributed by atoms with Crippen molar-refractivity contribution < 1.29 is 66.2 Å². The predicted octanol–water partition coefficient (Wildman–Crippen LogP) is 10.4. The van der Waals surface area contributed by atoms with Crippen molar-refractivity contribution in [1.29, 1.82) is 0 Å². The SMILES string of the molecule is C=C1C[C@@H](OC(=O)c2ccccc2)CC[C@H]2OC3C4C[C@H]2OC2C(O4)[C@H]3OC3CC[C@H](CC(=O)CC4C(CC5OC(CCC1O)CC(C)C5=C)O[C@H](CC(CO[Si](C)(C)C(C)(C)C)O[Si](C)(C)C(C)(C)C)[C@@H]4OC)O[C@@H]32. The summed E-state index contributed by atoms with van der Waals surface area (Å²) in [5, 5.41) is 11.8. The van der Waals surface area contributed by atoms with Gasteiger partial charge in [-0.05, 0) is 110 Å². The van der Waals surface area contributed by atoms with Gasteiger partial charge in [0.05, 0.1) is 85.4 Å². The number of Topliss-reactive ketones (excluding diaryl/α,β-unsaturated/α-hetero) is 1. The van der Waals surface area contributed by atoms with E-state index in [0.29, 0.717) is 69.1 Å². The zero-order chi connectivity index (χ0) is 54.6. The molecule has 9 rings (SSSR count). The highest BCUT2D eigenvalue weighted by Crippen LogP contribution is 2.50. The number of rotatable bonds is 10. The number of fused-ring (bicyclic) bond motifs is 5. The maximum Gasteiger partial charge on any atom is 0.338 e. The van der Waals surface area contributed by atoms with Gasteiger partial charge in [0.2, 0.25) is 0 Å². The van der Waals surface area contributed by atoms with Crippen LogP contribution in [-0.4, -0.2) is 157 Å². The molecule has 1 aromatic rings. The van der Waals surface area contributed by atoms with E-state index in [9.17, 15) is 14.7 Å². The molecular weight excluding hydrogens is 1000 g/mol. The fourth-order valence-electron chi connectivity index (χ4n) is 13.0. The third kappa shape index (κ3) is 12.8. The molecule has 0 aliphatic carbocycles. The van der Waals surface area contributed by atoms with Gasteiger partial charge in [0, 0.05) is 51.6 Å². The Labute approximate surface area is 456 Å². The average molecular weight is 1100 g/mol. The average Bonchev–Trinajstić information content (AvgIpc) is 3.82.